The topological polar surface area (TPSA) is 63.8 Å². The standard InChI is InChI=1S/C12H20N4/c13-8-12(5-2-1-3-6-12)9-15-11-4-7-14-10-16-11/h4,7,10H,1-3,5-6,8-9,13H2,(H,14,15,16). The van der Waals surface area contributed by atoms with Crippen LogP contribution >= 0.6 is 0 Å². The summed E-state index contributed by atoms with van der Waals surface area (Å²) >= 11 is 0. The lowest BCUT2D eigenvalue weighted by Gasteiger charge is -2.36. The number of hydrogen-bond acceptors (Lipinski definition) is 4. The normalized spacial score (nSPS) is 19.3. The fourth-order valence-electron chi connectivity index (χ4n) is 2.43. The van der Waals surface area contributed by atoms with Crippen molar-refractivity contribution in [1.82, 2.24) is 9.97 Å². The van der Waals surface area contributed by atoms with Crippen LogP contribution in [0.15, 0.2) is 18.6 Å². The molecule has 1 aromatic heterocycles. The van der Waals surface area contributed by atoms with Crippen molar-refractivity contribution in [2.75, 3.05) is 18.4 Å². The SMILES string of the molecule is NCC1(CNc2ccncn2)CCCCC1. The maximum Gasteiger partial charge on any atom is 0.129 e. The van der Waals surface area contributed by atoms with Gasteiger partial charge < -0.3 is 11.1 Å². The van der Waals surface area contributed by atoms with Crippen LogP contribution in [0.4, 0.5) is 5.82 Å². The maximum absolute atomic E-state index is 5.93. The van der Waals surface area contributed by atoms with Gasteiger partial charge in [0.25, 0.3) is 0 Å². The number of rotatable bonds is 4. The minimum Gasteiger partial charge on any atom is -0.369 e. The molecule has 0 aliphatic heterocycles. The van der Waals surface area contributed by atoms with Gasteiger partial charge in [0.1, 0.15) is 12.1 Å². The van der Waals surface area contributed by atoms with Crippen LogP contribution in [0, 0.1) is 5.41 Å². The summed E-state index contributed by atoms with van der Waals surface area (Å²) in [4.78, 5) is 8.07. The summed E-state index contributed by atoms with van der Waals surface area (Å²) in [5.74, 6) is 0.897. The van der Waals surface area contributed by atoms with E-state index in [0.717, 1.165) is 18.9 Å². The number of nitrogens with two attached hydrogens (primary N) is 1. The van der Waals surface area contributed by atoms with E-state index in [4.69, 9.17) is 5.73 Å². The second kappa shape index (κ2) is 5.25. The van der Waals surface area contributed by atoms with Gasteiger partial charge in [0.05, 0.1) is 0 Å². The van der Waals surface area contributed by atoms with Crippen LogP contribution in [0.1, 0.15) is 32.1 Å². The van der Waals surface area contributed by atoms with Crippen molar-refractivity contribution in [2.24, 2.45) is 11.1 Å². The van der Waals surface area contributed by atoms with Crippen molar-refractivity contribution < 1.29 is 0 Å². The fourth-order valence-corrected chi connectivity index (χ4v) is 2.43. The number of nitrogens with one attached hydrogen (secondary N) is 1. The van der Waals surface area contributed by atoms with E-state index in [1.807, 2.05) is 6.07 Å². The molecule has 4 nitrogen and oxygen atoms in total. The van der Waals surface area contributed by atoms with Gasteiger partial charge in [0.15, 0.2) is 0 Å². The van der Waals surface area contributed by atoms with Crippen LogP contribution in [0.2, 0.25) is 0 Å². The van der Waals surface area contributed by atoms with Crippen molar-refractivity contribution in [2.45, 2.75) is 32.1 Å². The van der Waals surface area contributed by atoms with Crippen LogP contribution in [0.3, 0.4) is 0 Å². The fraction of sp³-hybridized carbons (Fsp3) is 0.667. The number of aromatic nitrogens is 2. The van der Waals surface area contributed by atoms with Gasteiger partial charge in [-0.2, -0.15) is 0 Å². The Morgan fingerprint density at radius 3 is 2.75 bits per heavy atom. The largest absolute Gasteiger partial charge is 0.369 e. The van der Waals surface area contributed by atoms with Crippen molar-refractivity contribution in [3.05, 3.63) is 18.6 Å². The molecule has 0 unspecified atom stereocenters. The molecule has 1 aliphatic rings. The summed E-state index contributed by atoms with van der Waals surface area (Å²) in [7, 11) is 0. The molecule has 0 spiro atoms. The van der Waals surface area contributed by atoms with Crippen LogP contribution in [0.25, 0.3) is 0 Å². The predicted molar refractivity (Wildman–Crippen MR) is 65.1 cm³/mol. The van der Waals surface area contributed by atoms with Gasteiger partial charge in [0, 0.05) is 12.7 Å². The molecule has 0 aromatic carbocycles. The van der Waals surface area contributed by atoms with Crippen LogP contribution in [0.5, 0.6) is 0 Å². The highest BCUT2D eigenvalue weighted by molar-refractivity contribution is 5.31. The van der Waals surface area contributed by atoms with E-state index >= 15 is 0 Å². The smallest absolute Gasteiger partial charge is 0.129 e. The molecule has 1 aromatic rings. The first kappa shape index (κ1) is 11.3. The van der Waals surface area contributed by atoms with Crippen LogP contribution < -0.4 is 11.1 Å². The van der Waals surface area contributed by atoms with Gasteiger partial charge in [-0.25, -0.2) is 9.97 Å². The number of anilines is 1. The molecular weight excluding hydrogens is 200 g/mol. The number of hydrogen-bond donors (Lipinski definition) is 2. The first-order valence-electron chi connectivity index (χ1n) is 6.05. The Balaban J connectivity index is 1.92. The lowest BCUT2D eigenvalue weighted by molar-refractivity contribution is 0.215. The molecule has 0 amide bonds. The molecule has 1 saturated carbocycles. The van der Waals surface area contributed by atoms with Crippen molar-refractivity contribution in [3.8, 4) is 0 Å². The second-order valence-electron chi connectivity index (χ2n) is 4.71. The van der Waals surface area contributed by atoms with Gasteiger partial charge in [-0.05, 0) is 30.9 Å². The molecule has 1 aliphatic carbocycles. The third kappa shape index (κ3) is 2.70. The molecule has 0 bridgehead atoms. The molecule has 1 fully saturated rings. The summed E-state index contributed by atoms with van der Waals surface area (Å²) in [5.41, 5.74) is 6.21. The number of nitrogens with zero attached hydrogens (tertiary/aromatic N) is 2. The third-order valence-corrected chi connectivity index (χ3v) is 3.57. The van der Waals surface area contributed by atoms with Crippen LogP contribution in [-0.4, -0.2) is 23.1 Å². The van der Waals surface area contributed by atoms with Gasteiger partial charge in [-0.1, -0.05) is 19.3 Å². The molecule has 0 radical (unpaired) electrons. The van der Waals surface area contributed by atoms with E-state index in [1.54, 1.807) is 12.5 Å². The average molecular weight is 220 g/mol. The Morgan fingerprint density at radius 2 is 2.12 bits per heavy atom. The molecule has 16 heavy (non-hydrogen) atoms. The van der Waals surface area contributed by atoms with Crippen molar-refractivity contribution in [1.29, 1.82) is 0 Å². The molecule has 0 atom stereocenters. The molecule has 0 saturated heterocycles. The van der Waals surface area contributed by atoms with E-state index in [9.17, 15) is 0 Å². The highest BCUT2D eigenvalue weighted by Crippen LogP contribution is 2.35. The minimum atomic E-state index is 0.281. The average Bonchev–Trinajstić information content (AvgIpc) is 2.39. The van der Waals surface area contributed by atoms with E-state index in [-0.39, 0.29) is 5.41 Å². The molecule has 2 rings (SSSR count). The molecular formula is C12H20N4. The summed E-state index contributed by atoms with van der Waals surface area (Å²) in [6, 6.07) is 1.90. The Labute approximate surface area is 96.7 Å². The first-order valence-corrected chi connectivity index (χ1v) is 6.05. The Hall–Kier alpha value is -1.16. The van der Waals surface area contributed by atoms with Gasteiger partial charge in [0.2, 0.25) is 0 Å². The Kier molecular flexibility index (Phi) is 3.72. The lowest BCUT2D eigenvalue weighted by Crippen LogP contribution is -2.39. The highest BCUT2D eigenvalue weighted by Gasteiger charge is 2.30. The zero-order valence-corrected chi connectivity index (χ0v) is 9.65. The molecule has 4 heteroatoms. The summed E-state index contributed by atoms with van der Waals surface area (Å²) < 4.78 is 0. The Morgan fingerprint density at radius 1 is 1.31 bits per heavy atom. The van der Waals surface area contributed by atoms with Gasteiger partial charge in [-0.15, -0.1) is 0 Å². The summed E-state index contributed by atoms with van der Waals surface area (Å²) in [6.07, 6.45) is 9.77. The van der Waals surface area contributed by atoms with E-state index in [2.05, 4.69) is 15.3 Å². The molecule has 3 N–H and O–H groups in total. The Bertz CT molecular complexity index is 306. The van der Waals surface area contributed by atoms with E-state index in [1.165, 1.54) is 32.1 Å². The lowest BCUT2D eigenvalue weighted by atomic mass is 9.74. The molecule has 1 heterocycles. The highest BCUT2D eigenvalue weighted by atomic mass is 15.0. The summed E-state index contributed by atoms with van der Waals surface area (Å²) in [6.45, 7) is 1.70. The second-order valence-corrected chi connectivity index (χ2v) is 4.71. The zero-order valence-electron chi connectivity index (χ0n) is 9.65. The van der Waals surface area contributed by atoms with Gasteiger partial charge >= 0.3 is 0 Å². The minimum absolute atomic E-state index is 0.281. The third-order valence-electron chi connectivity index (χ3n) is 3.57. The van der Waals surface area contributed by atoms with E-state index in [0.29, 0.717) is 0 Å². The van der Waals surface area contributed by atoms with E-state index < -0.39 is 0 Å². The predicted octanol–water partition coefficient (Wildman–Crippen LogP) is 1.80. The monoisotopic (exact) mass is 220 g/mol. The van der Waals surface area contributed by atoms with Crippen molar-refractivity contribution >= 4 is 5.82 Å². The van der Waals surface area contributed by atoms with Crippen LogP contribution in [-0.2, 0) is 0 Å². The molecule has 88 valence electrons. The maximum atomic E-state index is 5.93. The van der Waals surface area contributed by atoms with Gasteiger partial charge in [-0.3, -0.25) is 0 Å². The quantitative estimate of drug-likeness (QED) is 0.812. The van der Waals surface area contributed by atoms with Crippen molar-refractivity contribution in [3.63, 3.8) is 0 Å². The summed E-state index contributed by atoms with van der Waals surface area (Å²) in [5, 5.41) is 3.38. The zero-order chi connectivity index (χ0) is 11.3. The first-order chi connectivity index (χ1) is 7.85.